The van der Waals surface area contributed by atoms with E-state index in [1.807, 2.05) is 0 Å². The lowest BCUT2D eigenvalue weighted by Crippen LogP contribution is -2.38. The number of rotatable bonds is 7. The van der Waals surface area contributed by atoms with Crippen molar-refractivity contribution >= 4 is 17.6 Å². The number of carbonyl (C=O) groups excluding carboxylic acids is 2. The van der Waals surface area contributed by atoms with Gasteiger partial charge in [0.1, 0.15) is 0 Å². The van der Waals surface area contributed by atoms with E-state index in [9.17, 15) is 9.59 Å². The fourth-order valence-corrected chi connectivity index (χ4v) is 3.55. The van der Waals surface area contributed by atoms with Crippen LogP contribution in [0.25, 0.3) is 0 Å². The number of piperidine rings is 1. The third-order valence-electron chi connectivity index (χ3n) is 5.37. The molecular formula is C21H26N4O4. The Morgan fingerprint density at radius 1 is 1.07 bits per heavy atom. The number of hydrogen-bond acceptors (Lipinski definition) is 7. The molecule has 0 radical (unpaired) electrons. The third kappa shape index (κ3) is 5.00. The molecule has 0 atom stereocenters. The van der Waals surface area contributed by atoms with Crippen molar-refractivity contribution in [3.63, 3.8) is 0 Å². The number of esters is 1. The molecule has 1 saturated heterocycles. The second-order valence-corrected chi connectivity index (χ2v) is 7.65. The van der Waals surface area contributed by atoms with Gasteiger partial charge in [0.05, 0.1) is 18.7 Å². The van der Waals surface area contributed by atoms with Crippen molar-refractivity contribution in [1.82, 2.24) is 15.1 Å². The van der Waals surface area contributed by atoms with Crippen molar-refractivity contribution in [2.24, 2.45) is 0 Å². The highest BCUT2D eigenvalue weighted by Gasteiger charge is 2.32. The molecule has 2 aliphatic rings. The molecule has 8 nitrogen and oxygen atoms in total. The summed E-state index contributed by atoms with van der Waals surface area (Å²) in [5.41, 5.74) is 1.13. The second-order valence-electron chi connectivity index (χ2n) is 7.65. The van der Waals surface area contributed by atoms with E-state index < -0.39 is 0 Å². The largest absolute Gasteiger partial charge is 0.462 e. The van der Waals surface area contributed by atoms with Gasteiger partial charge in [0.15, 0.2) is 0 Å². The van der Waals surface area contributed by atoms with Crippen LogP contribution in [-0.2, 0) is 9.53 Å². The van der Waals surface area contributed by atoms with Crippen molar-refractivity contribution < 1.29 is 18.7 Å². The number of carbonyl (C=O) groups is 2. The van der Waals surface area contributed by atoms with Crippen molar-refractivity contribution in [1.29, 1.82) is 0 Å². The molecule has 29 heavy (non-hydrogen) atoms. The van der Waals surface area contributed by atoms with Gasteiger partial charge in [0.2, 0.25) is 17.7 Å². The number of benzene rings is 1. The number of ether oxygens (including phenoxy) is 1. The average Bonchev–Trinajstić information content (AvgIpc) is 3.46. The summed E-state index contributed by atoms with van der Waals surface area (Å²) in [5.74, 6) is 1.87. The summed E-state index contributed by atoms with van der Waals surface area (Å²) in [7, 11) is 0. The van der Waals surface area contributed by atoms with Crippen LogP contribution in [0.15, 0.2) is 28.7 Å². The highest BCUT2D eigenvalue weighted by Crippen LogP contribution is 2.40. The van der Waals surface area contributed by atoms with Gasteiger partial charge in [-0.25, -0.2) is 4.79 Å². The van der Waals surface area contributed by atoms with Crippen molar-refractivity contribution in [3.05, 3.63) is 41.6 Å². The first-order valence-corrected chi connectivity index (χ1v) is 10.2. The molecule has 2 fully saturated rings. The number of nitrogens with zero attached hydrogens (tertiary/aromatic N) is 3. The summed E-state index contributed by atoms with van der Waals surface area (Å²) >= 11 is 0. The van der Waals surface area contributed by atoms with Crippen LogP contribution < -0.4 is 5.32 Å². The summed E-state index contributed by atoms with van der Waals surface area (Å²) in [6.07, 6.45) is 4.13. The lowest BCUT2D eigenvalue weighted by atomic mass is 9.97. The monoisotopic (exact) mass is 398 g/mol. The maximum Gasteiger partial charge on any atom is 0.338 e. The molecule has 154 valence electrons. The molecule has 0 bridgehead atoms. The van der Waals surface area contributed by atoms with E-state index in [0.717, 1.165) is 50.6 Å². The summed E-state index contributed by atoms with van der Waals surface area (Å²) in [5, 5.41) is 11.3. The van der Waals surface area contributed by atoms with E-state index in [1.54, 1.807) is 31.2 Å². The maximum atomic E-state index is 12.4. The highest BCUT2D eigenvalue weighted by molar-refractivity contribution is 5.94. The Bertz CT molecular complexity index is 852. The highest BCUT2D eigenvalue weighted by atomic mass is 16.5. The Labute approximate surface area is 169 Å². The molecule has 2 heterocycles. The summed E-state index contributed by atoms with van der Waals surface area (Å²) < 4.78 is 10.8. The van der Waals surface area contributed by atoms with Crippen molar-refractivity contribution in [2.75, 3.05) is 31.6 Å². The fraction of sp³-hybridized carbons (Fsp3) is 0.524. The molecular weight excluding hydrogens is 372 g/mol. The zero-order valence-corrected chi connectivity index (χ0v) is 16.6. The fourth-order valence-electron chi connectivity index (χ4n) is 3.55. The molecule has 0 unspecified atom stereocenters. The summed E-state index contributed by atoms with van der Waals surface area (Å²) in [6, 6.07) is 6.73. The molecule has 4 rings (SSSR count). The number of likely N-dealkylation sites (tertiary alicyclic amines) is 1. The van der Waals surface area contributed by atoms with E-state index in [0.29, 0.717) is 30.3 Å². The Kier molecular flexibility index (Phi) is 5.89. The van der Waals surface area contributed by atoms with Crippen LogP contribution in [-0.4, -0.2) is 53.2 Å². The van der Waals surface area contributed by atoms with Gasteiger partial charge in [-0.2, -0.15) is 0 Å². The SMILES string of the molecule is CCOC(=O)c1ccc(NC(=O)CN2CCC(c3nnc(C4CC4)o3)CC2)cc1. The van der Waals surface area contributed by atoms with Crippen LogP contribution in [0.1, 0.15) is 66.6 Å². The van der Waals surface area contributed by atoms with E-state index in [-0.39, 0.29) is 17.8 Å². The molecule has 1 aliphatic carbocycles. The normalized spacial score (nSPS) is 17.8. The Morgan fingerprint density at radius 2 is 1.69 bits per heavy atom. The van der Waals surface area contributed by atoms with Crippen LogP contribution in [0, 0.1) is 0 Å². The van der Waals surface area contributed by atoms with Gasteiger partial charge in [-0.3, -0.25) is 9.69 Å². The zero-order valence-electron chi connectivity index (χ0n) is 16.6. The molecule has 1 saturated carbocycles. The number of anilines is 1. The minimum Gasteiger partial charge on any atom is -0.462 e. The molecule has 1 aromatic heterocycles. The van der Waals surface area contributed by atoms with Gasteiger partial charge in [-0.1, -0.05) is 0 Å². The van der Waals surface area contributed by atoms with Gasteiger partial charge < -0.3 is 14.5 Å². The number of aromatic nitrogens is 2. The maximum absolute atomic E-state index is 12.4. The molecule has 0 spiro atoms. The van der Waals surface area contributed by atoms with E-state index in [1.165, 1.54) is 0 Å². The first-order chi connectivity index (χ1) is 14.1. The molecule has 1 aromatic carbocycles. The van der Waals surface area contributed by atoms with Crippen molar-refractivity contribution in [2.45, 2.75) is 44.4 Å². The first kappa shape index (κ1) is 19.6. The van der Waals surface area contributed by atoms with E-state index >= 15 is 0 Å². The predicted molar refractivity (Wildman–Crippen MR) is 106 cm³/mol. The van der Waals surface area contributed by atoms with E-state index in [4.69, 9.17) is 9.15 Å². The minimum atomic E-state index is -0.362. The first-order valence-electron chi connectivity index (χ1n) is 10.2. The molecule has 1 N–H and O–H groups in total. The third-order valence-corrected chi connectivity index (χ3v) is 5.37. The molecule has 1 aliphatic heterocycles. The average molecular weight is 398 g/mol. The molecule has 1 amide bonds. The van der Waals surface area contributed by atoms with Gasteiger partial charge in [0.25, 0.3) is 0 Å². The predicted octanol–water partition coefficient (Wildman–Crippen LogP) is 2.94. The van der Waals surface area contributed by atoms with Crippen LogP contribution in [0.4, 0.5) is 5.69 Å². The standard InChI is InChI=1S/C21H26N4O4/c1-2-28-21(27)16-5-7-17(8-6-16)22-18(26)13-25-11-9-15(10-12-25)20-24-23-19(29-20)14-3-4-14/h5-8,14-15H,2-4,9-13H2,1H3,(H,22,26). The van der Waals surface area contributed by atoms with Crippen LogP contribution in [0.2, 0.25) is 0 Å². The van der Waals surface area contributed by atoms with Gasteiger partial charge in [0, 0.05) is 17.5 Å². The number of amides is 1. The van der Waals surface area contributed by atoms with Gasteiger partial charge >= 0.3 is 5.97 Å². The smallest absolute Gasteiger partial charge is 0.338 e. The number of nitrogens with one attached hydrogen (secondary N) is 1. The number of hydrogen-bond donors (Lipinski definition) is 1. The topological polar surface area (TPSA) is 97.6 Å². The van der Waals surface area contributed by atoms with Gasteiger partial charge in [-0.05, 0) is 70.0 Å². The van der Waals surface area contributed by atoms with Crippen LogP contribution in [0.3, 0.4) is 0 Å². The van der Waals surface area contributed by atoms with Gasteiger partial charge in [-0.15, -0.1) is 10.2 Å². The summed E-state index contributed by atoms with van der Waals surface area (Å²) in [6.45, 7) is 4.08. The quantitative estimate of drug-likeness (QED) is 0.716. The molecule has 2 aromatic rings. The van der Waals surface area contributed by atoms with E-state index in [2.05, 4.69) is 20.4 Å². The van der Waals surface area contributed by atoms with Crippen molar-refractivity contribution in [3.8, 4) is 0 Å². The minimum absolute atomic E-state index is 0.0684. The Hall–Kier alpha value is -2.74. The second kappa shape index (κ2) is 8.73. The van der Waals surface area contributed by atoms with Crippen LogP contribution in [0.5, 0.6) is 0 Å². The Morgan fingerprint density at radius 3 is 2.28 bits per heavy atom. The molecule has 8 heteroatoms. The Balaban J connectivity index is 1.22. The zero-order chi connectivity index (χ0) is 20.2. The lowest BCUT2D eigenvalue weighted by Gasteiger charge is -2.29. The summed E-state index contributed by atoms with van der Waals surface area (Å²) in [4.78, 5) is 26.2. The lowest BCUT2D eigenvalue weighted by molar-refractivity contribution is -0.117. The van der Waals surface area contributed by atoms with Crippen LogP contribution >= 0.6 is 0 Å².